The van der Waals surface area contributed by atoms with E-state index >= 15 is 0 Å². The van der Waals surface area contributed by atoms with Gasteiger partial charge in [0.25, 0.3) is 5.91 Å². The van der Waals surface area contributed by atoms with Gasteiger partial charge < -0.3 is 10.1 Å². The molecule has 23 heavy (non-hydrogen) atoms. The Hall–Kier alpha value is -2.14. The van der Waals surface area contributed by atoms with Gasteiger partial charge in [0.2, 0.25) is 0 Å². The number of hydrogen-bond acceptors (Lipinski definition) is 4. The topological polar surface area (TPSA) is 64.1 Å². The molecular weight excluding hydrogens is 314 g/mol. The summed E-state index contributed by atoms with van der Waals surface area (Å²) in [5.41, 5.74) is 0.591. The molecule has 0 aliphatic heterocycles. The van der Waals surface area contributed by atoms with E-state index in [2.05, 4.69) is 15.3 Å². The van der Waals surface area contributed by atoms with Gasteiger partial charge in [-0.3, -0.25) is 4.79 Å². The Bertz CT molecular complexity index is 658. The minimum absolute atomic E-state index is 0.0803. The van der Waals surface area contributed by atoms with Gasteiger partial charge >= 0.3 is 6.01 Å². The Kier molecular flexibility index (Phi) is 5.08. The van der Waals surface area contributed by atoms with Crippen LogP contribution in [0.15, 0.2) is 42.7 Å². The molecule has 1 N–H and O–H groups in total. The molecule has 1 amide bonds. The van der Waals surface area contributed by atoms with E-state index < -0.39 is 0 Å². The number of rotatable bonds is 4. The number of nitrogens with zero attached hydrogens (tertiary/aromatic N) is 2. The molecule has 1 fully saturated rings. The fourth-order valence-electron chi connectivity index (χ4n) is 2.72. The van der Waals surface area contributed by atoms with Gasteiger partial charge in [0, 0.05) is 29.0 Å². The van der Waals surface area contributed by atoms with Crippen molar-refractivity contribution in [2.24, 2.45) is 0 Å². The molecule has 0 atom stereocenters. The summed E-state index contributed by atoms with van der Waals surface area (Å²) in [7, 11) is 0. The second-order valence-corrected chi connectivity index (χ2v) is 6.04. The van der Waals surface area contributed by atoms with Crippen molar-refractivity contribution in [2.45, 2.75) is 37.8 Å². The van der Waals surface area contributed by atoms with Gasteiger partial charge in [-0.2, -0.15) is 0 Å². The fourth-order valence-corrected chi connectivity index (χ4v) is 2.91. The minimum atomic E-state index is -0.0803. The molecule has 120 valence electrons. The first-order valence-corrected chi connectivity index (χ1v) is 8.08. The molecule has 1 aromatic heterocycles. The Labute approximate surface area is 140 Å². The number of benzene rings is 1. The summed E-state index contributed by atoms with van der Waals surface area (Å²) < 4.78 is 5.76. The molecule has 3 rings (SSSR count). The Morgan fingerprint density at radius 2 is 1.87 bits per heavy atom. The molecule has 1 heterocycles. The van der Waals surface area contributed by atoms with Gasteiger partial charge in [-0.15, -0.1) is 0 Å². The van der Waals surface area contributed by atoms with Crippen LogP contribution in [0.25, 0.3) is 0 Å². The number of nitrogens with one attached hydrogen (secondary N) is 1. The van der Waals surface area contributed by atoms with Gasteiger partial charge in [0.15, 0.2) is 0 Å². The third-order valence-corrected chi connectivity index (χ3v) is 4.15. The molecule has 1 aromatic carbocycles. The largest absolute Gasteiger partial charge is 0.460 e. The van der Waals surface area contributed by atoms with Crippen molar-refractivity contribution in [2.75, 3.05) is 0 Å². The summed E-state index contributed by atoms with van der Waals surface area (Å²) in [5, 5.41) is 3.63. The average molecular weight is 332 g/mol. The minimum Gasteiger partial charge on any atom is -0.460 e. The van der Waals surface area contributed by atoms with E-state index in [1.165, 1.54) is 0 Å². The molecule has 5 nitrogen and oxygen atoms in total. The quantitative estimate of drug-likeness (QED) is 0.934. The summed E-state index contributed by atoms with van der Waals surface area (Å²) in [5.74, 6) is -0.0803. The van der Waals surface area contributed by atoms with Gasteiger partial charge in [0.1, 0.15) is 6.10 Å². The van der Waals surface area contributed by atoms with Crippen LogP contribution in [-0.4, -0.2) is 28.0 Å². The standard InChI is InChI=1S/C17H18ClN3O2/c18-13-4-1-3-12(11-13)16(22)21-14-5-7-15(8-6-14)23-17-19-9-2-10-20-17/h1-4,9-11,14-15H,5-8H2,(H,21,22). The van der Waals surface area contributed by atoms with E-state index in [4.69, 9.17) is 16.3 Å². The van der Waals surface area contributed by atoms with Gasteiger partial charge in [0.05, 0.1) is 0 Å². The zero-order valence-electron chi connectivity index (χ0n) is 12.6. The highest BCUT2D eigenvalue weighted by Crippen LogP contribution is 2.22. The molecule has 0 unspecified atom stereocenters. The van der Waals surface area contributed by atoms with Gasteiger partial charge in [-0.1, -0.05) is 17.7 Å². The smallest absolute Gasteiger partial charge is 0.316 e. The highest BCUT2D eigenvalue weighted by molar-refractivity contribution is 6.30. The van der Waals surface area contributed by atoms with E-state index in [0.29, 0.717) is 16.6 Å². The van der Waals surface area contributed by atoms with Gasteiger partial charge in [-0.25, -0.2) is 9.97 Å². The van der Waals surface area contributed by atoms with Crippen LogP contribution in [-0.2, 0) is 0 Å². The van der Waals surface area contributed by atoms with Crippen LogP contribution < -0.4 is 10.1 Å². The zero-order valence-corrected chi connectivity index (χ0v) is 13.4. The van der Waals surface area contributed by atoms with Crippen molar-refractivity contribution >= 4 is 17.5 Å². The van der Waals surface area contributed by atoms with E-state index in [-0.39, 0.29) is 18.1 Å². The van der Waals surface area contributed by atoms with Crippen molar-refractivity contribution < 1.29 is 9.53 Å². The average Bonchev–Trinajstić information content (AvgIpc) is 2.57. The zero-order chi connectivity index (χ0) is 16.1. The summed E-state index contributed by atoms with van der Waals surface area (Å²) >= 11 is 5.92. The molecule has 2 aromatic rings. The summed E-state index contributed by atoms with van der Waals surface area (Å²) in [6, 6.07) is 9.32. The monoisotopic (exact) mass is 331 g/mol. The first-order valence-electron chi connectivity index (χ1n) is 7.71. The van der Waals surface area contributed by atoms with Crippen molar-refractivity contribution in [1.82, 2.24) is 15.3 Å². The number of amides is 1. The lowest BCUT2D eigenvalue weighted by Gasteiger charge is -2.28. The molecule has 1 aliphatic carbocycles. The number of carbonyl (C=O) groups is 1. The summed E-state index contributed by atoms with van der Waals surface area (Å²) in [6.45, 7) is 0. The molecule has 1 saturated carbocycles. The van der Waals surface area contributed by atoms with E-state index in [1.807, 2.05) is 0 Å². The molecule has 0 bridgehead atoms. The highest BCUT2D eigenvalue weighted by Gasteiger charge is 2.24. The van der Waals surface area contributed by atoms with Crippen molar-refractivity contribution in [3.05, 3.63) is 53.3 Å². The molecule has 0 spiro atoms. The summed E-state index contributed by atoms with van der Waals surface area (Å²) in [6.07, 6.45) is 6.94. The SMILES string of the molecule is O=C(NC1CCC(Oc2ncccn2)CC1)c1cccc(Cl)c1. The van der Waals surface area contributed by atoms with Crippen LogP contribution in [0.5, 0.6) is 6.01 Å². The molecule has 0 radical (unpaired) electrons. The lowest BCUT2D eigenvalue weighted by molar-refractivity contribution is 0.0885. The number of hydrogen-bond donors (Lipinski definition) is 1. The van der Waals surface area contributed by atoms with E-state index in [9.17, 15) is 4.79 Å². The molecule has 0 saturated heterocycles. The summed E-state index contributed by atoms with van der Waals surface area (Å²) in [4.78, 5) is 20.4. The van der Waals surface area contributed by atoms with Crippen LogP contribution in [0, 0.1) is 0 Å². The Morgan fingerprint density at radius 3 is 2.57 bits per heavy atom. The lowest BCUT2D eigenvalue weighted by atomic mass is 9.92. The van der Waals surface area contributed by atoms with E-state index in [1.54, 1.807) is 42.7 Å². The maximum absolute atomic E-state index is 12.2. The van der Waals surface area contributed by atoms with Crippen molar-refractivity contribution in [1.29, 1.82) is 0 Å². The highest BCUT2D eigenvalue weighted by atomic mass is 35.5. The Balaban J connectivity index is 1.48. The molecule has 1 aliphatic rings. The maximum Gasteiger partial charge on any atom is 0.316 e. The van der Waals surface area contributed by atoms with E-state index in [0.717, 1.165) is 25.7 Å². The molecular formula is C17H18ClN3O2. The third-order valence-electron chi connectivity index (χ3n) is 3.91. The molecule has 6 heteroatoms. The second-order valence-electron chi connectivity index (χ2n) is 5.61. The van der Waals surface area contributed by atoms with Crippen LogP contribution in [0.2, 0.25) is 5.02 Å². The number of halogens is 1. The number of aromatic nitrogens is 2. The van der Waals surface area contributed by atoms with Crippen LogP contribution in [0.3, 0.4) is 0 Å². The first-order chi connectivity index (χ1) is 11.2. The lowest BCUT2D eigenvalue weighted by Crippen LogP contribution is -2.39. The predicted octanol–water partition coefficient (Wildman–Crippen LogP) is 3.25. The van der Waals surface area contributed by atoms with Crippen molar-refractivity contribution in [3.8, 4) is 6.01 Å². The predicted molar refractivity (Wildman–Crippen MR) is 87.6 cm³/mol. The second kappa shape index (κ2) is 7.42. The third kappa shape index (κ3) is 4.42. The van der Waals surface area contributed by atoms with Crippen LogP contribution >= 0.6 is 11.6 Å². The van der Waals surface area contributed by atoms with Gasteiger partial charge in [-0.05, 0) is 49.9 Å². The van der Waals surface area contributed by atoms with Crippen LogP contribution in [0.4, 0.5) is 0 Å². The normalized spacial score (nSPS) is 20.7. The fraction of sp³-hybridized carbons (Fsp3) is 0.353. The first kappa shape index (κ1) is 15.7. The Morgan fingerprint density at radius 1 is 1.13 bits per heavy atom. The van der Waals surface area contributed by atoms with Crippen LogP contribution in [0.1, 0.15) is 36.0 Å². The maximum atomic E-state index is 12.2. The number of ether oxygens (including phenoxy) is 1. The number of carbonyl (C=O) groups excluding carboxylic acids is 1. The van der Waals surface area contributed by atoms with Crippen molar-refractivity contribution in [3.63, 3.8) is 0 Å².